The molecule has 1 atom stereocenters. The molecule has 0 bridgehead atoms. The Hall–Kier alpha value is -2.65. The lowest BCUT2D eigenvalue weighted by Gasteiger charge is -2.16. The van der Waals surface area contributed by atoms with Gasteiger partial charge in [-0.15, -0.1) is 0 Å². The molecule has 23 heavy (non-hydrogen) atoms. The third-order valence-electron chi connectivity index (χ3n) is 3.83. The van der Waals surface area contributed by atoms with Crippen LogP contribution in [0.2, 0.25) is 0 Å². The Morgan fingerprint density at radius 3 is 2.52 bits per heavy atom. The molecule has 6 heteroatoms. The zero-order valence-corrected chi connectivity index (χ0v) is 13.9. The van der Waals surface area contributed by atoms with Crippen LogP contribution >= 0.6 is 0 Å². The lowest BCUT2D eigenvalue weighted by Crippen LogP contribution is -3.07. The molecule has 0 amide bonds. The summed E-state index contributed by atoms with van der Waals surface area (Å²) in [6.07, 6.45) is 0. The van der Waals surface area contributed by atoms with E-state index in [1.54, 1.807) is 14.0 Å². The van der Waals surface area contributed by atoms with Crippen LogP contribution < -0.4 is 15.2 Å². The smallest absolute Gasteiger partial charge is 0.289 e. The summed E-state index contributed by atoms with van der Waals surface area (Å²) in [6, 6.07) is 9.81. The molecule has 1 unspecified atom stereocenters. The number of nitrogens with one attached hydrogen (secondary N) is 1. The Morgan fingerprint density at radius 2 is 1.96 bits per heavy atom. The number of hydrogen-bond donors (Lipinski definition) is 1. The van der Waals surface area contributed by atoms with Gasteiger partial charge in [0.15, 0.2) is 6.67 Å². The van der Waals surface area contributed by atoms with E-state index in [1.807, 2.05) is 44.3 Å². The number of methoxy groups -OCH3 is 1. The largest absolute Gasteiger partial charge is 0.497 e. The lowest BCUT2D eigenvalue weighted by molar-refractivity contribution is -0.917. The first-order valence-corrected chi connectivity index (χ1v) is 7.39. The maximum Gasteiger partial charge on any atom is 0.289 e. The van der Waals surface area contributed by atoms with Crippen molar-refractivity contribution in [1.29, 1.82) is 5.26 Å². The fraction of sp³-hybridized carbons (Fsp3) is 0.353. The average Bonchev–Trinajstić information content (AvgIpc) is 2.54. The number of benzene rings is 1. The Labute approximate surface area is 135 Å². The van der Waals surface area contributed by atoms with Crippen molar-refractivity contribution in [1.82, 2.24) is 9.78 Å². The number of quaternary nitrogens is 1. The van der Waals surface area contributed by atoms with Gasteiger partial charge in [-0.1, -0.05) is 0 Å². The van der Waals surface area contributed by atoms with Gasteiger partial charge in [0.05, 0.1) is 19.9 Å². The van der Waals surface area contributed by atoms with Crippen LogP contribution in [0, 0.1) is 25.2 Å². The normalized spacial score (nSPS) is 11.8. The highest BCUT2D eigenvalue weighted by molar-refractivity contribution is 5.36. The topological polar surface area (TPSA) is 72.3 Å². The predicted octanol–water partition coefficient (Wildman–Crippen LogP) is 0.413. The van der Waals surface area contributed by atoms with Crippen LogP contribution in [0.1, 0.15) is 22.4 Å². The van der Waals surface area contributed by atoms with Crippen LogP contribution in [0.3, 0.4) is 0 Å². The molecule has 0 radical (unpaired) electrons. The number of ether oxygens (including phenoxy) is 1. The van der Waals surface area contributed by atoms with Crippen molar-refractivity contribution in [3.05, 3.63) is 57.0 Å². The number of nitrogens with zero attached hydrogens (tertiary/aromatic N) is 3. The molecule has 6 nitrogen and oxygen atoms in total. The maximum absolute atomic E-state index is 12.3. The van der Waals surface area contributed by atoms with Gasteiger partial charge in [-0.25, -0.2) is 0 Å². The minimum Gasteiger partial charge on any atom is -0.497 e. The number of aryl methyl sites for hydroxylation is 1. The second-order valence-electron chi connectivity index (χ2n) is 5.64. The number of hydrogen-bond acceptors (Lipinski definition) is 4. The minimum atomic E-state index is -0.329. The first kappa shape index (κ1) is 16.7. The number of rotatable bonds is 5. The summed E-state index contributed by atoms with van der Waals surface area (Å²) in [7, 11) is 3.62. The zero-order valence-electron chi connectivity index (χ0n) is 13.9. The summed E-state index contributed by atoms with van der Waals surface area (Å²) in [5.41, 5.74) is 2.35. The van der Waals surface area contributed by atoms with E-state index in [9.17, 15) is 4.79 Å². The van der Waals surface area contributed by atoms with E-state index >= 15 is 0 Å². The van der Waals surface area contributed by atoms with Gasteiger partial charge in [0.2, 0.25) is 0 Å². The molecule has 0 fully saturated rings. The molecule has 1 aromatic carbocycles. The van der Waals surface area contributed by atoms with E-state index in [4.69, 9.17) is 10.00 Å². The quantitative estimate of drug-likeness (QED) is 0.868. The molecule has 2 aromatic rings. The molecule has 0 spiro atoms. The van der Waals surface area contributed by atoms with Gasteiger partial charge >= 0.3 is 0 Å². The minimum absolute atomic E-state index is 0.176. The molecule has 2 rings (SSSR count). The summed E-state index contributed by atoms with van der Waals surface area (Å²) >= 11 is 0. The van der Waals surface area contributed by atoms with Gasteiger partial charge in [-0.2, -0.15) is 15.0 Å². The fourth-order valence-electron chi connectivity index (χ4n) is 2.41. The molecular weight excluding hydrogens is 292 g/mol. The van der Waals surface area contributed by atoms with Crippen molar-refractivity contribution in [2.75, 3.05) is 14.2 Å². The van der Waals surface area contributed by atoms with Crippen molar-refractivity contribution in [3.63, 3.8) is 0 Å². The SMILES string of the molecule is COc1ccc(C[NH+](C)Cn2nc(C)c(C)c(C#N)c2=O)cc1. The van der Waals surface area contributed by atoms with E-state index in [0.29, 0.717) is 17.9 Å². The van der Waals surface area contributed by atoms with Gasteiger partial charge in [-0.3, -0.25) is 4.79 Å². The van der Waals surface area contributed by atoms with Crippen molar-refractivity contribution in [3.8, 4) is 11.8 Å². The Morgan fingerprint density at radius 1 is 1.30 bits per heavy atom. The molecule has 0 saturated carbocycles. The monoisotopic (exact) mass is 313 g/mol. The van der Waals surface area contributed by atoms with Crippen molar-refractivity contribution in [2.45, 2.75) is 27.1 Å². The van der Waals surface area contributed by atoms with E-state index in [0.717, 1.165) is 22.8 Å². The van der Waals surface area contributed by atoms with Crippen LogP contribution in [0.25, 0.3) is 0 Å². The second-order valence-corrected chi connectivity index (χ2v) is 5.64. The standard InChI is InChI=1S/C17H20N4O2/c1-12-13(2)19-21(17(22)16(12)9-18)11-20(3)10-14-5-7-15(23-4)8-6-14/h5-8H,10-11H2,1-4H3/p+1. The highest BCUT2D eigenvalue weighted by Gasteiger charge is 2.14. The zero-order chi connectivity index (χ0) is 17.0. The highest BCUT2D eigenvalue weighted by atomic mass is 16.5. The van der Waals surface area contributed by atoms with Gasteiger partial charge in [0.1, 0.15) is 23.9 Å². The van der Waals surface area contributed by atoms with Gasteiger partial charge in [-0.05, 0) is 43.7 Å². The Kier molecular flexibility index (Phi) is 5.14. The van der Waals surface area contributed by atoms with E-state index in [-0.39, 0.29) is 11.1 Å². The first-order valence-electron chi connectivity index (χ1n) is 7.39. The van der Waals surface area contributed by atoms with Gasteiger partial charge in [0.25, 0.3) is 5.56 Å². The van der Waals surface area contributed by atoms with E-state index in [1.165, 1.54) is 4.68 Å². The summed E-state index contributed by atoms with van der Waals surface area (Å²) in [5.74, 6) is 0.817. The van der Waals surface area contributed by atoms with Crippen LogP contribution in [0.5, 0.6) is 5.75 Å². The highest BCUT2D eigenvalue weighted by Crippen LogP contribution is 2.10. The Bertz CT molecular complexity index is 788. The molecule has 0 aliphatic carbocycles. The summed E-state index contributed by atoms with van der Waals surface area (Å²) < 4.78 is 6.52. The third-order valence-corrected chi connectivity index (χ3v) is 3.83. The summed E-state index contributed by atoms with van der Waals surface area (Å²) in [5, 5.41) is 13.5. The van der Waals surface area contributed by atoms with E-state index < -0.39 is 0 Å². The lowest BCUT2D eigenvalue weighted by atomic mass is 10.1. The van der Waals surface area contributed by atoms with Crippen molar-refractivity contribution >= 4 is 0 Å². The summed E-state index contributed by atoms with van der Waals surface area (Å²) in [4.78, 5) is 13.4. The molecular formula is C17H21N4O2+. The first-order chi connectivity index (χ1) is 11.0. The van der Waals surface area contributed by atoms with Crippen LogP contribution in [-0.4, -0.2) is 23.9 Å². The van der Waals surface area contributed by atoms with Crippen LogP contribution in [0.15, 0.2) is 29.1 Å². The number of nitriles is 1. The molecule has 120 valence electrons. The molecule has 0 aliphatic rings. The van der Waals surface area contributed by atoms with Gasteiger partial charge in [0, 0.05) is 5.56 Å². The van der Waals surface area contributed by atoms with Gasteiger partial charge < -0.3 is 9.64 Å². The third kappa shape index (κ3) is 3.76. The molecule has 1 N–H and O–H groups in total. The van der Waals surface area contributed by atoms with Crippen molar-refractivity contribution < 1.29 is 9.64 Å². The Balaban J connectivity index is 2.17. The molecule has 1 heterocycles. The van der Waals surface area contributed by atoms with Crippen LogP contribution in [-0.2, 0) is 13.2 Å². The van der Waals surface area contributed by atoms with Crippen molar-refractivity contribution in [2.24, 2.45) is 0 Å². The summed E-state index contributed by atoms with van der Waals surface area (Å²) in [6.45, 7) is 4.71. The number of aromatic nitrogens is 2. The maximum atomic E-state index is 12.3. The van der Waals surface area contributed by atoms with E-state index in [2.05, 4.69) is 5.10 Å². The fourth-order valence-corrected chi connectivity index (χ4v) is 2.41. The molecule has 1 aromatic heterocycles. The van der Waals surface area contributed by atoms with Crippen LogP contribution in [0.4, 0.5) is 0 Å². The second kappa shape index (κ2) is 7.07. The predicted molar refractivity (Wildman–Crippen MR) is 86.3 cm³/mol. The molecule has 0 aliphatic heterocycles. The average molecular weight is 313 g/mol. The molecule has 0 saturated heterocycles.